The minimum absolute atomic E-state index is 0.0505. The number of primary amides is 4. The van der Waals surface area contributed by atoms with Crippen LogP contribution >= 0.6 is 0 Å². The molecule has 0 aliphatic heterocycles. The summed E-state index contributed by atoms with van der Waals surface area (Å²) in [5.74, 6) is -4.59. The van der Waals surface area contributed by atoms with Gasteiger partial charge in [-0.1, -0.05) is 0 Å². The summed E-state index contributed by atoms with van der Waals surface area (Å²) in [6.07, 6.45) is 15.9. The molecular formula is C54H96N16O12. The zero-order chi connectivity index (χ0) is 60.4. The van der Waals surface area contributed by atoms with Crippen LogP contribution in [0.3, 0.4) is 0 Å². The maximum absolute atomic E-state index is 12.7. The van der Waals surface area contributed by atoms with Crippen molar-refractivity contribution >= 4 is 70.9 Å². The van der Waals surface area contributed by atoms with Crippen molar-refractivity contribution in [1.29, 1.82) is 0 Å². The van der Waals surface area contributed by atoms with Gasteiger partial charge in [-0.25, -0.2) is 0 Å². The van der Waals surface area contributed by atoms with Crippen molar-refractivity contribution in [2.45, 2.75) is 203 Å². The Balaban J connectivity index is 0.000000430. The monoisotopic (exact) mass is 1160 g/mol. The largest absolute Gasteiger partial charge is 0.368 e. The molecule has 4 aliphatic carbocycles. The van der Waals surface area contributed by atoms with E-state index >= 15 is 0 Å². The first-order valence-corrected chi connectivity index (χ1v) is 29.4. The highest BCUT2D eigenvalue weighted by molar-refractivity contribution is 5.90. The third kappa shape index (κ3) is 34.7. The van der Waals surface area contributed by atoms with Gasteiger partial charge in [0.25, 0.3) is 0 Å². The van der Waals surface area contributed by atoms with Crippen molar-refractivity contribution in [2.75, 3.05) is 65.4 Å². The van der Waals surface area contributed by atoms with E-state index in [0.717, 1.165) is 61.2 Å². The number of carbonyl (C=O) groups is 12. The third-order valence-electron chi connectivity index (χ3n) is 13.9. The van der Waals surface area contributed by atoms with E-state index < -0.39 is 35.4 Å². The van der Waals surface area contributed by atoms with Crippen LogP contribution in [0.25, 0.3) is 0 Å². The van der Waals surface area contributed by atoms with Crippen molar-refractivity contribution in [3.63, 3.8) is 0 Å². The Labute approximate surface area is 481 Å². The number of amides is 12. The van der Waals surface area contributed by atoms with Crippen molar-refractivity contribution in [3.8, 4) is 0 Å². The zero-order valence-corrected chi connectivity index (χ0v) is 48.3. The summed E-state index contributed by atoms with van der Waals surface area (Å²) in [4.78, 5) is 147. The van der Waals surface area contributed by atoms with E-state index in [0.29, 0.717) is 127 Å². The average molecular weight is 1160 g/mol. The van der Waals surface area contributed by atoms with Crippen molar-refractivity contribution < 1.29 is 57.5 Å². The quantitative estimate of drug-likeness (QED) is 0.0261. The summed E-state index contributed by atoms with van der Waals surface area (Å²) in [6, 6.07) is -0.0577. The Kier molecular flexibility index (Phi) is 33.2. The first-order chi connectivity index (χ1) is 39.1. The van der Waals surface area contributed by atoms with Gasteiger partial charge in [0.2, 0.25) is 70.9 Å². The second kappa shape index (κ2) is 39.0. The molecule has 0 heterocycles. The predicted octanol–water partition coefficient (Wildman–Crippen LogP) is -3.75. The molecular weight excluding hydrogens is 1060 g/mol. The van der Waals surface area contributed by atoms with E-state index in [1.165, 1.54) is 13.8 Å². The number of nitrogens with one attached hydrogen (secondary N) is 10. The van der Waals surface area contributed by atoms with Gasteiger partial charge in [-0.15, -0.1) is 0 Å². The van der Waals surface area contributed by atoms with Gasteiger partial charge >= 0.3 is 0 Å². The molecule has 464 valence electrons. The fourth-order valence-electron chi connectivity index (χ4n) is 8.56. The summed E-state index contributed by atoms with van der Waals surface area (Å²) < 4.78 is 0. The normalized spacial score (nSPS) is 15.8. The first-order valence-electron chi connectivity index (χ1n) is 29.4. The topological polar surface area (TPSA) is 436 Å². The fraction of sp³-hybridized carbons (Fsp3) is 0.778. The van der Waals surface area contributed by atoms with Gasteiger partial charge in [-0.05, 0) is 128 Å². The van der Waals surface area contributed by atoms with Crippen LogP contribution < -0.4 is 76.1 Å². The second-order valence-electron chi connectivity index (χ2n) is 21.9. The number of hydrogen-bond acceptors (Lipinski definition) is 16. The van der Waals surface area contributed by atoms with Crippen LogP contribution in [0.4, 0.5) is 0 Å². The number of nitrogens with two attached hydrogens (primary N) is 4. The van der Waals surface area contributed by atoms with Crippen LogP contribution in [0.15, 0.2) is 0 Å². The maximum Gasteiger partial charge on any atom is 0.239 e. The van der Waals surface area contributed by atoms with E-state index in [4.69, 9.17) is 22.9 Å². The minimum Gasteiger partial charge on any atom is -0.368 e. The van der Waals surface area contributed by atoms with Crippen LogP contribution in [0.2, 0.25) is 0 Å². The van der Waals surface area contributed by atoms with E-state index in [-0.39, 0.29) is 112 Å². The molecule has 28 nitrogen and oxygen atoms in total. The van der Waals surface area contributed by atoms with Gasteiger partial charge in [0.15, 0.2) is 0 Å². The van der Waals surface area contributed by atoms with Crippen LogP contribution in [0, 0.1) is 0 Å². The molecule has 0 aromatic rings. The average Bonchev–Trinajstić information content (AvgIpc) is 4.17. The van der Waals surface area contributed by atoms with Crippen molar-refractivity contribution in [2.24, 2.45) is 22.9 Å². The summed E-state index contributed by atoms with van der Waals surface area (Å²) in [6.45, 7) is 3.10. The molecule has 4 unspecified atom stereocenters. The molecule has 28 heteroatoms. The Morgan fingerprint density at radius 3 is 0.744 bits per heavy atom. The lowest BCUT2D eigenvalue weighted by Crippen LogP contribution is -2.46. The van der Waals surface area contributed by atoms with Crippen LogP contribution in [0.1, 0.15) is 155 Å². The second-order valence-corrected chi connectivity index (χ2v) is 21.9. The highest BCUT2D eigenvalue weighted by Crippen LogP contribution is 2.23. The Hall–Kier alpha value is -6.52. The highest BCUT2D eigenvalue weighted by atomic mass is 16.2. The van der Waals surface area contributed by atoms with Gasteiger partial charge in [0.1, 0.15) is 26.2 Å². The number of carbonyl (C=O) groups excluding carboxylic acids is 12. The minimum atomic E-state index is -0.435. The fourth-order valence-corrected chi connectivity index (χ4v) is 8.56. The summed E-state index contributed by atoms with van der Waals surface area (Å²) >= 11 is 0. The van der Waals surface area contributed by atoms with E-state index in [1.54, 1.807) is 0 Å². The lowest BCUT2D eigenvalue weighted by atomic mass is 10.1. The molecule has 4 aliphatic rings. The van der Waals surface area contributed by atoms with Crippen LogP contribution in [0.5, 0.6) is 0 Å². The summed E-state index contributed by atoms with van der Waals surface area (Å²) in [7, 11) is 0. The lowest BCUT2D eigenvalue weighted by molar-refractivity contribution is -0.139. The van der Waals surface area contributed by atoms with Gasteiger partial charge < -0.3 is 85.9 Å². The number of hydrogen-bond donors (Lipinski definition) is 14. The molecule has 0 aromatic carbocycles. The van der Waals surface area contributed by atoms with Gasteiger partial charge in [0, 0.05) is 90.1 Å². The van der Waals surface area contributed by atoms with Crippen molar-refractivity contribution in [1.82, 2.24) is 63.0 Å². The van der Waals surface area contributed by atoms with E-state index in [9.17, 15) is 57.5 Å². The Bertz CT molecular complexity index is 1850. The molecule has 0 bridgehead atoms. The zero-order valence-electron chi connectivity index (χ0n) is 48.3. The highest BCUT2D eigenvalue weighted by Gasteiger charge is 2.30. The lowest BCUT2D eigenvalue weighted by Gasteiger charge is -2.22. The van der Waals surface area contributed by atoms with E-state index in [1.807, 2.05) is 0 Å². The molecule has 0 radical (unpaired) electrons. The number of unbranched alkanes of at least 4 members (excludes halogenated alkanes) is 4. The molecule has 82 heavy (non-hydrogen) atoms. The van der Waals surface area contributed by atoms with Gasteiger partial charge in [0.05, 0.1) is 24.2 Å². The Morgan fingerprint density at radius 2 is 0.561 bits per heavy atom. The van der Waals surface area contributed by atoms with E-state index in [2.05, 4.69) is 53.2 Å². The Morgan fingerprint density at radius 1 is 0.341 bits per heavy atom. The first kappa shape index (κ1) is 69.7. The smallest absolute Gasteiger partial charge is 0.239 e. The molecule has 4 atom stereocenters. The third-order valence-corrected chi connectivity index (χ3v) is 13.9. The van der Waals surface area contributed by atoms with Crippen LogP contribution in [-0.2, 0) is 57.5 Å². The predicted molar refractivity (Wildman–Crippen MR) is 304 cm³/mol. The summed E-state index contributed by atoms with van der Waals surface area (Å²) in [5, 5.41) is 29.0. The molecule has 4 fully saturated rings. The van der Waals surface area contributed by atoms with Gasteiger partial charge in [-0.2, -0.15) is 0 Å². The van der Waals surface area contributed by atoms with Crippen LogP contribution in [-0.4, -0.2) is 194 Å². The summed E-state index contributed by atoms with van der Waals surface area (Å²) in [5.41, 5.74) is 21.8. The molecule has 4 saturated carbocycles. The number of rotatable bonds is 46. The van der Waals surface area contributed by atoms with Crippen molar-refractivity contribution in [3.05, 3.63) is 0 Å². The molecule has 12 amide bonds. The SMILES string of the molecule is CC(=O)NCCC(=O)N(CC(=O)NCCCCC(NC1CC1)C(N)=O)CC(=O)NCCCCC(NC1CC1)C(N)=O.CC(=O)NCCC(=O)N(CC(=O)NCCCCC(NC1CC1)C(N)=O)CC(=O)NCCCCC(NC1CC1)C(N)=O. The number of nitrogens with zero attached hydrogens (tertiary/aromatic N) is 2. The molecule has 0 spiro atoms. The molecule has 0 aromatic heterocycles. The molecule has 4 rings (SSSR count). The maximum atomic E-state index is 12.7. The van der Waals surface area contributed by atoms with Gasteiger partial charge in [-0.3, -0.25) is 57.5 Å². The molecule has 0 saturated heterocycles. The standard InChI is InChI=1S/2C27H48N8O6/c2*1-18(36)30-15-12-25(39)35(16-23(37)31-13-4-2-6-21(26(28)40)33-19-8-9-19)17-24(38)32-14-5-3-7-22(27(29)41)34-20-10-11-20/h2*19-22,33-34H,2-17H2,1H3,(H2,28,40)(H2,29,41)(H,30,36)(H,31,37)(H,32,38). The molecule has 18 N–H and O–H groups in total.